The van der Waals surface area contributed by atoms with Crippen molar-refractivity contribution in [3.63, 3.8) is 0 Å². The van der Waals surface area contributed by atoms with E-state index in [2.05, 4.69) is 15.0 Å². The molecule has 0 saturated carbocycles. The highest BCUT2D eigenvalue weighted by atomic mass is 15.3. The normalized spacial score (nSPS) is 19.1. The van der Waals surface area contributed by atoms with Gasteiger partial charge in [0.15, 0.2) is 5.96 Å². The van der Waals surface area contributed by atoms with Gasteiger partial charge in [-0.3, -0.25) is 4.99 Å². The standard InChI is InChI=1S/C10H12N6/c11-10-13-6-9(7-14-15-12)16(10)8-4-2-1-3-5-8/h1-5,9H,6-7H2,(H2,11,13). The quantitative estimate of drug-likeness (QED) is 0.471. The summed E-state index contributed by atoms with van der Waals surface area (Å²) in [6.45, 7) is 0.940. The lowest BCUT2D eigenvalue weighted by Gasteiger charge is -2.24. The predicted octanol–water partition coefficient (Wildman–Crippen LogP) is 1.50. The molecule has 1 aliphatic rings. The van der Waals surface area contributed by atoms with Gasteiger partial charge in [-0.05, 0) is 17.7 Å². The fourth-order valence-corrected chi connectivity index (χ4v) is 1.75. The van der Waals surface area contributed by atoms with Crippen LogP contribution in [0.5, 0.6) is 0 Å². The average Bonchev–Trinajstić information content (AvgIpc) is 2.69. The van der Waals surface area contributed by atoms with Crippen LogP contribution in [0.3, 0.4) is 0 Å². The third-order valence-corrected chi connectivity index (χ3v) is 2.47. The van der Waals surface area contributed by atoms with Crippen molar-refractivity contribution in [2.75, 3.05) is 18.0 Å². The number of hydrogen-bond acceptors (Lipinski definition) is 4. The molecular weight excluding hydrogens is 204 g/mol. The molecule has 1 aromatic carbocycles. The Hall–Kier alpha value is -2.20. The Labute approximate surface area is 93.0 Å². The zero-order chi connectivity index (χ0) is 11.4. The first-order valence-electron chi connectivity index (χ1n) is 4.98. The number of nitrogens with two attached hydrogens (primary N) is 1. The second-order valence-electron chi connectivity index (χ2n) is 3.47. The summed E-state index contributed by atoms with van der Waals surface area (Å²) in [4.78, 5) is 8.82. The Morgan fingerprint density at radius 1 is 1.50 bits per heavy atom. The molecular formula is C10H12N6. The van der Waals surface area contributed by atoms with Crippen LogP contribution in [0.1, 0.15) is 0 Å². The van der Waals surface area contributed by atoms with Gasteiger partial charge in [0.1, 0.15) is 0 Å². The Kier molecular flexibility index (Phi) is 2.93. The predicted molar refractivity (Wildman–Crippen MR) is 63.2 cm³/mol. The van der Waals surface area contributed by atoms with E-state index in [0.29, 0.717) is 19.0 Å². The minimum absolute atomic E-state index is 0.0262. The molecule has 6 nitrogen and oxygen atoms in total. The number of rotatable bonds is 3. The number of aliphatic imine (C=N–C) groups is 1. The molecule has 0 fully saturated rings. The van der Waals surface area contributed by atoms with E-state index in [1.807, 2.05) is 35.2 Å². The van der Waals surface area contributed by atoms with Gasteiger partial charge in [0.25, 0.3) is 0 Å². The SMILES string of the molecule is [N-]=[N+]=NCC1CN=C(N)N1c1ccccc1. The van der Waals surface area contributed by atoms with Crippen LogP contribution in [0, 0.1) is 0 Å². The van der Waals surface area contributed by atoms with Gasteiger partial charge in [-0.2, -0.15) is 0 Å². The van der Waals surface area contributed by atoms with Crippen molar-refractivity contribution in [1.29, 1.82) is 0 Å². The van der Waals surface area contributed by atoms with Crippen molar-refractivity contribution in [1.82, 2.24) is 0 Å². The van der Waals surface area contributed by atoms with Crippen LogP contribution < -0.4 is 10.6 Å². The van der Waals surface area contributed by atoms with E-state index in [1.165, 1.54) is 0 Å². The summed E-state index contributed by atoms with van der Waals surface area (Å²) in [6.07, 6.45) is 0. The molecule has 0 radical (unpaired) electrons. The van der Waals surface area contributed by atoms with Crippen molar-refractivity contribution in [2.45, 2.75) is 6.04 Å². The topological polar surface area (TPSA) is 90.4 Å². The average molecular weight is 216 g/mol. The molecule has 0 spiro atoms. The molecule has 1 unspecified atom stereocenters. The third-order valence-electron chi connectivity index (χ3n) is 2.47. The lowest BCUT2D eigenvalue weighted by molar-refractivity contribution is 0.715. The van der Waals surface area contributed by atoms with Gasteiger partial charge in [0.2, 0.25) is 0 Å². The molecule has 1 aliphatic heterocycles. The van der Waals surface area contributed by atoms with E-state index in [9.17, 15) is 0 Å². The van der Waals surface area contributed by atoms with E-state index in [0.717, 1.165) is 5.69 Å². The number of guanidine groups is 1. The first-order valence-corrected chi connectivity index (χ1v) is 4.98. The van der Waals surface area contributed by atoms with Crippen LogP contribution in [0.2, 0.25) is 0 Å². The Bertz CT molecular complexity index is 434. The van der Waals surface area contributed by atoms with E-state index in [4.69, 9.17) is 11.3 Å². The van der Waals surface area contributed by atoms with Crippen LogP contribution in [-0.4, -0.2) is 25.1 Å². The highest BCUT2D eigenvalue weighted by Crippen LogP contribution is 2.20. The molecule has 1 atom stereocenters. The summed E-state index contributed by atoms with van der Waals surface area (Å²) in [5, 5.41) is 3.57. The van der Waals surface area contributed by atoms with Gasteiger partial charge < -0.3 is 10.6 Å². The minimum Gasteiger partial charge on any atom is -0.370 e. The van der Waals surface area contributed by atoms with Gasteiger partial charge in [-0.15, -0.1) is 0 Å². The van der Waals surface area contributed by atoms with Crippen molar-refractivity contribution in [3.05, 3.63) is 40.8 Å². The zero-order valence-corrected chi connectivity index (χ0v) is 8.69. The van der Waals surface area contributed by atoms with Crippen molar-refractivity contribution in [3.8, 4) is 0 Å². The highest BCUT2D eigenvalue weighted by molar-refractivity contribution is 5.97. The first kappa shape index (κ1) is 10.3. The van der Waals surface area contributed by atoms with E-state index in [-0.39, 0.29) is 6.04 Å². The summed E-state index contributed by atoms with van der Waals surface area (Å²) >= 11 is 0. The smallest absolute Gasteiger partial charge is 0.196 e. The number of nitrogens with zero attached hydrogens (tertiary/aromatic N) is 5. The molecule has 0 aromatic heterocycles. The highest BCUT2D eigenvalue weighted by Gasteiger charge is 2.26. The fraction of sp³-hybridized carbons (Fsp3) is 0.300. The number of anilines is 1. The Morgan fingerprint density at radius 3 is 2.94 bits per heavy atom. The largest absolute Gasteiger partial charge is 0.370 e. The van der Waals surface area contributed by atoms with E-state index in [1.54, 1.807) is 0 Å². The zero-order valence-electron chi connectivity index (χ0n) is 8.69. The minimum atomic E-state index is 0.0262. The molecule has 0 aliphatic carbocycles. The molecule has 1 aromatic rings. The Balaban J connectivity index is 2.22. The van der Waals surface area contributed by atoms with Crippen LogP contribution in [-0.2, 0) is 0 Å². The molecule has 2 N–H and O–H groups in total. The maximum Gasteiger partial charge on any atom is 0.196 e. The molecule has 2 rings (SSSR count). The number of benzene rings is 1. The van der Waals surface area contributed by atoms with Crippen molar-refractivity contribution < 1.29 is 0 Å². The summed E-state index contributed by atoms with van der Waals surface area (Å²) in [7, 11) is 0. The van der Waals surface area contributed by atoms with Gasteiger partial charge in [-0.1, -0.05) is 23.3 Å². The van der Waals surface area contributed by atoms with Gasteiger partial charge >= 0.3 is 0 Å². The second-order valence-corrected chi connectivity index (χ2v) is 3.47. The number of para-hydroxylation sites is 1. The number of azide groups is 1. The van der Waals surface area contributed by atoms with Crippen molar-refractivity contribution >= 4 is 11.6 Å². The van der Waals surface area contributed by atoms with E-state index < -0.39 is 0 Å². The monoisotopic (exact) mass is 216 g/mol. The van der Waals surface area contributed by atoms with Crippen LogP contribution in [0.4, 0.5) is 5.69 Å². The van der Waals surface area contributed by atoms with Gasteiger partial charge in [-0.25, -0.2) is 0 Å². The van der Waals surface area contributed by atoms with Gasteiger partial charge in [0, 0.05) is 17.1 Å². The molecule has 0 saturated heterocycles. The summed E-state index contributed by atoms with van der Waals surface area (Å²) in [5.74, 6) is 0.476. The molecule has 82 valence electrons. The van der Waals surface area contributed by atoms with E-state index >= 15 is 0 Å². The van der Waals surface area contributed by atoms with Crippen LogP contribution in [0.25, 0.3) is 10.4 Å². The van der Waals surface area contributed by atoms with Crippen molar-refractivity contribution in [2.24, 2.45) is 15.8 Å². The summed E-state index contributed by atoms with van der Waals surface area (Å²) in [6, 6.07) is 9.75. The first-order chi connectivity index (χ1) is 7.83. The maximum absolute atomic E-state index is 8.32. The second kappa shape index (κ2) is 4.55. The van der Waals surface area contributed by atoms with Crippen LogP contribution in [0.15, 0.2) is 40.4 Å². The molecule has 0 amide bonds. The maximum atomic E-state index is 8.32. The lowest BCUT2D eigenvalue weighted by Crippen LogP contribution is -2.42. The molecule has 16 heavy (non-hydrogen) atoms. The summed E-state index contributed by atoms with van der Waals surface area (Å²) < 4.78 is 0. The Morgan fingerprint density at radius 2 is 2.25 bits per heavy atom. The van der Waals surface area contributed by atoms with Gasteiger partial charge in [0.05, 0.1) is 12.6 Å². The summed E-state index contributed by atoms with van der Waals surface area (Å²) in [5.41, 5.74) is 15.1. The molecule has 1 heterocycles. The van der Waals surface area contributed by atoms with Crippen LogP contribution >= 0.6 is 0 Å². The molecule has 0 bridgehead atoms. The lowest BCUT2D eigenvalue weighted by atomic mass is 10.2. The number of hydrogen-bond donors (Lipinski definition) is 1. The fourth-order valence-electron chi connectivity index (χ4n) is 1.75. The molecule has 6 heteroatoms. The third kappa shape index (κ3) is 1.92.